The van der Waals surface area contributed by atoms with Gasteiger partial charge >= 0.3 is 6.18 Å². The number of rotatable bonds is 2. The number of alkyl halides is 3. The SMILES string of the molecule is Cc1ccc(NC2=C(Br)C(=O)c3nccnc3C2=O)cc1C(F)(F)F. The number of carbonyl (C=O) groups excluding carboxylic acids is 2. The fourth-order valence-electron chi connectivity index (χ4n) is 2.37. The first-order valence-electron chi connectivity index (χ1n) is 6.95. The number of nitrogens with one attached hydrogen (secondary N) is 1. The van der Waals surface area contributed by atoms with E-state index in [0.29, 0.717) is 0 Å². The Morgan fingerprint density at radius 3 is 2.24 bits per heavy atom. The number of aromatic nitrogens is 2. The number of hydrogen-bond donors (Lipinski definition) is 1. The number of nitrogens with zero attached hydrogens (tertiary/aromatic N) is 2. The Hall–Kier alpha value is -2.55. The molecule has 0 saturated carbocycles. The van der Waals surface area contributed by atoms with Crippen LogP contribution in [0.4, 0.5) is 18.9 Å². The van der Waals surface area contributed by atoms with Crippen molar-refractivity contribution in [2.45, 2.75) is 13.1 Å². The molecule has 2 aromatic rings. The van der Waals surface area contributed by atoms with Gasteiger partial charge in [-0.1, -0.05) is 6.07 Å². The summed E-state index contributed by atoms with van der Waals surface area (Å²) in [7, 11) is 0. The summed E-state index contributed by atoms with van der Waals surface area (Å²) in [5.74, 6) is -1.21. The molecule has 1 aliphatic rings. The van der Waals surface area contributed by atoms with E-state index in [9.17, 15) is 22.8 Å². The fourth-order valence-corrected chi connectivity index (χ4v) is 2.83. The lowest BCUT2D eigenvalue weighted by Gasteiger charge is -2.19. The van der Waals surface area contributed by atoms with Crippen LogP contribution in [0.15, 0.2) is 40.8 Å². The quantitative estimate of drug-likeness (QED) is 0.810. The molecular weight excluding hydrogens is 403 g/mol. The van der Waals surface area contributed by atoms with Crippen molar-refractivity contribution in [2.75, 3.05) is 5.32 Å². The number of fused-ring (bicyclic) bond motifs is 1. The molecule has 128 valence electrons. The molecule has 1 aromatic heterocycles. The summed E-state index contributed by atoms with van der Waals surface area (Å²) in [6.07, 6.45) is -2.00. The van der Waals surface area contributed by atoms with Crippen LogP contribution in [-0.2, 0) is 6.18 Å². The van der Waals surface area contributed by atoms with Crippen molar-refractivity contribution >= 4 is 33.2 Å². The van der Waals surface area contributed by atoms with E-state index >= 15 is 0 Å². The molecule has 0 amide bonds. The molecule has 0 spiro atoms. The topological polar surface area (TPSA) is 72.0 Å². The van der Waals surface area contributed by atoms with Gasteiger partial charge in [-0.15, -0.1) is 0 Å². The number of aryl methyl sites for hydroxylation is 1. The molecule has 25 heavy (non-hydrogen) atoms. The molecule has 3 rings (SSSR count). The van der Waals surface area contributed by atoms with Crippen LogP contribution in [0.25, 0.3) is 0 Å². The summed E-state index contributed by atoms with van der Waals surface area (Å²) in [5.41, 5.74) is -1.20. The van der Waals surface area contributed by atoms with Crippen LogP contribution in [0.1, 0.15) is 32.1 Å². The molecule has 9 heteroatoms. The highest BCUT2D eigenvalue weighted by Gasteiger charge is 2.35. The summed E-state index contributed by atoms with van der Waals surface area (Å²) in [5, 5.41) is 2.59. The van der Waals surface area contributed by atoms with E-state index in [1.807, 2.05) is 0 Å². The zero-order valence-electron chi connectivity index (χ0n) is 12.6. The summed E-state index contributed by atoms with van der Waals surface area (Å²) >= 11 is 3.02. The average Bonchev–Trinajstić information content (AvgIpc) is 2.57. The third kappa shape index (κ3) is 3.07. The molecule has 0 radical (unpaired) electrons. The van der Waals surface area contributed by atoms with Gasteiger partial charge in [0.2, 0.25) is 11.6 Å². The second-order valence-electron chi connectivity index (χ2n) is 5.25. The molecule has 0 saturated heterocycles. The normalized spacial score (nSPS) is 14.6. The first kappa shape index (κ1) is 17.3. The Balaban J connectivity index is 2.03. The van der Waals surface area contributed by atoms with Crippen LogP contribution in [0.5, 0.6) is 0 Å². The molecule has 1 aromatic carbocycles. The van der Waals surface area contributed by atoms with Crippen LogP contribution in [0.3, 0.4) is 0 Å². The van der Waals surface area contributed by atoms with Gasteiger partial charge in [0.05, 0.1) is 10.0 Å². The number of hydrogen-bond acceptors (Lipinski definition) is 5. The zero-order valence-corrected chi connectivity index (χ0v) is 14.2. The lowest BCUT2D eigenvalue weighted by atomic mass is 10.0. The van der Waals surface area contributed by atoms with Crippen molar-refractivity contribution in [2.24, 2.45) is 0 Å². The van der Waals surface area contributed by atoms with Gasteiger partial charge in [-0.05, 0) is 40.5 Å². The predicted molar refractivity (Wildman–Crippen MR) is 86.4 cm³/mol. The lowest BCUT2D eigenvalue weighted by molar-refractivity contribution is -0.138. The van der Waals surface area contributed by atoms with Crippen molar-refractivity contribution < 1.29 is 22.8 Å². The standard InChI is InChI=1S/C16H9BrF3N3O2/c1-7-2-3-8(6-9(7)16(18,19)20)23-11-10(17)14(24)12-13(15(11)25)22-5-4-21-12/h2-6,23H,1H3. The predicted octanol–water partition coefficient (Wildman–Crippen LogP) is 3.90. The maximum absolute atomic E-state index is 13.0. The van der Waals surface area contributed by atoms with Gasteiger partial charge in [-0.2, -0.15) is 13.2 Å². The third-order valence-electron chi connectivity index (χ3n) is 3.59. The molecule has 1 heterocycles. The highest BCUT2D eigenvalue weighted by molar-refractivity contribution is 9.12. The number of benzene rings is 1. The fraction of sp³-hybridized carbons (Fsp3) is 0.125. The molecular formula is C16H9BrF3N3O2. The van der Waals surface area contributed by atoms with E-state index in [1.165, 1.54) is 31.5 Å². The summed E-state index contributed by atoms with van der Waals surface area (Å²) in [6.45, 7) is 1.34. The van der Waals surface area contributed by atoms with Crippen LogP contribution < -0.4 is 5.32 Å². The third-order valence-corrected chi connectivity index (χ3v) is 4.34. The van der Waals surface area contributed by atoms with Gasteiger partial charge in [0.15, 0.2) is 0 Å². The minimum atomic E-state index is -4.53. The van der Waals surface area contributed by atoms with Gasteiger partial charge in [-0.25, -0.2) is 9.97 Å². The van der Waals surface area contributed by atoms with E-state index in [0.717, 1.165) is 6.07 Å². The van der Waals surface area contributed by atoms with Crippen molar-refractivity contribution in [3.8, 4) is 0 Å². The van der Waals surface area contributed by atoms with Gasteiger partial charge in [0, 0.05) is 18.1 Å². The monoisotopic (exact) mass is 411 g/mol. The minimum Gasteiger partial charge on any atom is -0.351 e. The number of anilines is 1. The molecule has 0 unspecified atom stereocenters. The van der Waals surface area contributed by atoms with Gasteiger partial charge in [-0.3, -0.25) is 9.59 Å². The molecule has 0 bridgehead atoms. The molecule has 1 aliphatic carbocycles. The first-order chi connectivity index (χ1) is 11.7. The number of allylic oxidation sites excluding steroid dienone is 2. The number of Topliss-reactive ketones (excluding diaryl/α,β-unsaturated/α-hetero) is 2. The van der Waals surface area contributed by atoms with Crippen molar-refractivity contribution in [1.82, 2.24) is 9.97 Å². The molecule has 0 fully saturated rings. The highest BCUT2D eigenvalue weighted by Crippen LogP contribution is 2.35. The van der Waals surface area contributed by atoms with Gasteiger partial charge in [0.25, 0.3) is 0 Å². The molecule has 5 nitrogen and oxygen atoms in total. The van der Waals surface area contributed by atoms with Crippen molar-refractivity contribution in [3.05, 3.63) is 63.3 Å². The van der Waals surface area contributed by atoms with Gasteiger partial charge in [0.1, 0.15) is 17.1 Å². The van der Waals surface area contributed by atoms with Crippen LogP contribution in [-0.4, -0.2) is 21.5 Å². The Morgan fingerprint density at radius 1 is 1.04 bits per heavy atom. The van der Waals surface area contributed by atoms with Crippen LogP contribution in [0, 0.1) is 6.92 Å². The van der Waals surface area contributed by atoms with E-state index in [4.69, 9.17) is 0 Å². The van der Waals surface area contributed by atoms with Crippen molar-refractivity contribution in [3.63, 3.8) is 0 Å². The van der Waals surface area contributed by atoms with Gasteiger partial charge < -0.3 is 5.32 Å². The largest absolute Gasteiger partial charge is 0.416 e. The Morgan fingerprint density at radius 2 is 1.64 bits per heavy atom. The highest BCUT2D eigenvalue weighted by atomic mass is 79.9. The van der Waals surface area contributed by atoms with Crippen molar-refractivity contribution in [1.29, 1.82) is 0 Å². The van der Waals surface area contributed by atoms with E-state index in [2.05, 4.69) is 31.2 Å². The smallest absolute Gasteiger partial charge is 0.351 e. The lowest BCUT2D eigenvalue weighted by Crippen LogP contribution is -2.26. The van der Waals surface area contributed by atoms with E-state index < -0.39 is 23.3 Å². The second-order valence-corrected chi connectivity index (χ2v) is 6.05. The summed E-state index contributed by atoms with van der Waals surface area (Å²) < 4.78 is 39.0. The number of ketones is 2. The maximum Gasteiger partial charge on any atom is 0.416 e. The average molecular weight is 412 g/mol. The Kier molecular flexibility index (Phi) is 4.19. The maximum atomic E-state index is 13.0. The number of halogens is 4. The zero-order chi connectivity index (χ0) is 18.4. The minimum absolute atomic E-state index is 0.0263. The first-order valence-corrected chi connectivity index (χ1v) is 7.74. The summed E-state index contributed by atoms with van der Waals surface area (Å²) in [6, 6.07) is 3.55. The second kappa shape index (κ2) is 6.07. The Labute approximate surface area is 148 Å². The summed E-state index contributed by atoms with van der Waals surface area (Å²) in [4.78, 5) is 32.4. The Bertz CT molecular complexity index is 938. The van der Waals surface area contributed by atoms with Crippen LogP contribution in [0.2, 0.25) is 0 Å². The number of carbonyl (C=O) groups is 2. The molecule has 0 aliphatic heterocycles. The molecule has 0 atom stereocenters. The van der Waals surface area contributed by atoms with E-state index in [1.54, 1.807) is 0 Å². The van der Waals surface area contributed by atoms with Crippen LogP contribution >= 0.6 is 15.9 Å². The van der Waals surface area contributed by atoms with E-state index in [-0.39, 0.29) is 32.8 Å². The molecule has 1 N–H and O–H groups in total.